The van der Waals surface area contributed by atoms with E-state index >= 15 is 0 Å². The van der Waals surface area contributed by atoms with Gasteiger partial charge in [0.25, 0.3) is 0 Å². The fourth-order valence-electron chi connectivity index (χ4n) is 3.57. The fourth-order valence-corrected chi connectivity index (χ4v) is 3.57. The van der Waals surface area contributed by atoms with Gasteiger partial charge in [0.05, 0.1) is 13.2 Å². The van der Waals surface area contributed by atoms with Crippen LogP contribution in [0.3, 0.4) is 0 Å². The van der Waals surface area contributed by atoms with Gasteiger partial charge in [0, 0.05) is 6.54 Å². The largest absolute Gasteiger partial charge is 0.497 e. The number of carboxylic acid groups (broad SMARTS) is 1. The van der Waals surface area contributed by atoms with Gasteiger partial charge in [0.1, 0.15) is 11.8 Å². The minimum absolute atomic E-state index is 0.0561. The summed E-state index contributed by atoms with van der Waals surface area (Å²) in [5, 5.41) is 9.60. The number of ether oxygens (including phenoxy) is 1. The van der Waals surface area contributed by atoms with Gasteiger partial charge in [-0.15, -0.1) is 0 Å². The van der Waals surface area contributed by atoms with Crippen molar-refractivity contribution in [2.75, 3.05) is 13.7 Å². The molecule has 2 aromatic rings. The molecule has 1 aliphatic rings. The number of benzene rings is 2. The molecule has 2 aromatic carbocycles. The van der Waals surface area contributed by atoms with E-state index in [1.165, 1.54) is 5.56 Å². The number of likely N-dealkylation sites (tertiary alicyclic amines) is 1. The highest BCUT2D eigenvalue weighted by atomic mass is 16.5. The molecule has 0 saturated carbocycles. The van der Waals surface area contributed by atoms with Gasteiger partial charge >= 0.3 is 5.97 Å². The number of rotatable bonds is 5. The van der Waals surface area contributed by atoms with Crippen LogP contribution in [0, 0.1) is 6.92 Å². The first-order chi connectivity index (χ1) is 11.6. The zero-order valence-electron chi connectivity index (χ0n) is 14.1. The molecule has 0 bridgehead atoms. The molecule has 1 aliphatic heterocycles. The molecule has 24 heavy (non-hydrogen) atoms. The summed E-state index contributed by atoms with van der Waals surface area (Å²) in [4.78, 5) is 13.8. The van der Waals surface area contributed by atoms with Gasteiger partial charge < -0.3 is 9.84 Å². The van der Waals surface area contributed by atoms with Crippen LogP contribution in [-0.2, 0) is 4.79 Å². The highest BCUT2D eigenvalue weighted by molar-refractivity contribution is 5.74. The average Bonchev–Trinajstić information content (AvgIpc) is 3.05. The maximum atomic E-state index is 11.7. The van der Waals surface area contributed by atoms with Crippen LogP contribution < -0.4 is 4.74 Å². The minimum atomic E-state index is -0.737. The Labute approximate surface area is 142 Å². The van der Waals surface area contributed by atoms with Gasteiger partial charge in [0.15, 0.2) is 0 Å². The maximum Gasteiger partial charge on any atom is 0.320 e. The number of aliphatic carboxylic acids is 1. The first kappa shape index (κ1) is 16.5. The van der Waals surface area contributed by atoms with Crippen molar-refractivity contribution in [3.63, 3.8) is 0 Å². The molecule has 1 N–H and O–H groups in total. The predicted octanol–water partition coefficient (Wildman–Crippen LogP) is 3.64. The summed E-state index contributed by atoms with van der Waals surface area (Å²) in [5.41, 5.74) is 3.40. The summed E-state index contributed by atoms with van der Waals surface area (Å²) in [6.45, 7) is 2.86. The number of carboxylic acids is 1. The van der Waals surface area contributed by atoms with Crippen LogP contribution in [-0.4, -0.2) is 35.7 Å². The van der Waals surface area contributed by atoms with Crippen LogP contribution >= 0.6 is 0 Å². The second-order valence-electron chi connectivity index (χ2n) is 6.32. The molecule has 0 amide bonds. The van der Waals surface area contributed by atoms with Gasteiger partial charge in [-0.1, -0.05) is 42.0 Å². The lowest BCUT2D eigenvalue weighted by molar-refractivity contribution is -0.142. The first-order valence-electron chi connectivity index (χ1n) is 8.29. The molecule has 1 saturated heterocycles. The molecule has 2 unspecified atom stereocenters. The van der Waals surface area contributed by atoms with Gasteiger partial charge in [-0.05, 0) is 43.0 Å². The maximum absolute atomic E-state index is 11.7. The Morgan fingerprint density at radius 1 is 1.21 bits per heavy atom. The number of carbonyl (C=O) groups is 1. The number of hydrogen-bond acceptors (Lipinski definition) is 3. The van der Waals surface area contributed by atoms with Crippen LogP contribution in [0.15, 0.2) is 48.5 Å². The first-order valence-corrected chi connectivity index (χ1v) is 8.29. The Morgan fingerprint density at radius 2 is 1.96 bits per heavy atom. The van der Waals surface area contributed by atoms with E-state index in [0.29, 0.717) is 6.42 Å². The molecule has 4 heteroatoms. The zero-order chi connectivity index (χ0) is 17.1. The standard InChI is InChI=1S/C20H23NO3/c1-14-5-3-6-16(13-14)19(15-8-10-17(24-2)11-9-15)21-12-4-7-18(21)20(22)23/h3,5-6,8-11,13,18-19H,4,7,12H2,1-2H3,(H,22,23). The number of nitrogens with zero attached hydrogens (tertiary/aromatic N) is 1. The Kier molecular flexibility index (Phi) is 4.86. The topological polar surface area (TPSA) is 49.8 Å². The summed E-state index contributed by atoms with van der Waals surface area (Å²) < 4.78 is 5.25. The van der Waals surface area contributed by atoms with E-state index in [0.717, 1.165) is 29.8 Å². The van der Waals surface area contributed by atoms with Gasteiger partial charge in [-0.25, -0.2) is 0 Å². The van der Waals surface area contributed by atoms with Crippen LogP contribution in [0.4, 0.5) is 0 Å². The third kappa shape index (κ3) is 3.29. The molecular weight excluding hydrogens is 302 g/mol. The van der Waals surface area contributed by atoms with Crippen molar-refractivity contribution in [3.8, 4) is 5.75 Å². The molecule has 2 atom stereocenters. The number of methoxy groups -OCH3 is 1. The van der Waals surface area contributed by atoms with E-state index in [2.05, 4.69) is 30.0 Å². The third-order valence-corrected chi connectivity index (χ3v) is 4.70. The van der Waals surface area contributed by atoms with Crippen molar-refractivity contribution in [2.24, 2.45) is 0 Å². The third-order valence-electron chi connectivity index (χ3n) is 4.70. The highest BCUT2D eigenvalue weighted by Gasteiger charge is 2.36. The SMILES string of the molecule is COc1ccc(C(c2cccc(C)c2)N2CCCC2C(=O)O)cc1. The van der Waals surface area contributed by atoms with Gasteiger partial charge in [-0.2, -0.15) is 0 Å². The Balaban J connectivity index is 2.04. The van der Waals surface area contributed by atoms with E-state index in [9.17, 15) is 9.90 Å². The summed E-state index contributed by atoms with van der Waals surface area (Å²) in [7, 11) is 1.65. The molecule has 0 aromatic heterocycles. The lowest BCUT2D eigenvalue weighted by Crippen LogP contribution is -2.39. The lowest BCUT2D eigenvalue weighted by atomic mass is 9.95. The van der Waals surface area contributed by atoms with E-state index in [1.54, 1.807) is 7.11 Å². The second-order valence-corrected chi connectivity index (χ2v) is 6.32. The van der Waals surface area contributed by atoms with Gasteiger partial charge in [-0.3, -0.25) is 9.69 Å². The second kappa shape index (κ2) is 7.05. The highest BCUT2D eigenvalue weighted by Crippen LogP contribution is 2.35. The lowest BCUT2D eigenvalue weighted by Gasteiger charge is -2.32. The number of hydrogen-bond donors (Lipinski definition) is 1. The van der Waals surface area contributed by atoms with Crippen molar-refractivity contribution < 1.29 is 14.6 Å². The minimum Gasteiger partial charge on any atom is -0.497 e. The summed E-state index contributed by atoms with van der Waals surface area (Å²) in [6.07, 6.45) is 1.61. The average molecular weight is 325 g/mol. The van der Waals surface area contributed by atoms with Crippen LogP contribution in [0.2, 0.25) is 0 Å². The van der Waals surface area contributed by atoms with E-state index < -0.39 is 12.0 Å². The molecule has 3 rings (SSSR count). The summed E-state index contributed by atoms with van der Waals surface area (Å²) >= 11 is 0. The van der Waals surface area contributed by atoms with Crippen molar-refractivity contribution >= 4 is 5.97 Å². The smallest absolute Gasteiger partial charge is 0.320 e. The monoisotopic (exact) mass is 325 g/mol. The summed E-state index contributed by atoms with van der Waals surface area (Å²) in [6, 6.07) is 15.8. The molecule has 1 heterocycles. The van der Waals surface area contributed by atoms with Crippen molar-refractivity contribution in [1.82, 2.24) is 4.90 Å². The molecule has 1 fully saturated rings. The van der Waals surface area contributed by atoms with E-state index in [4.69, 9.17) is 4.74 Å². The molecule has 0 radical (unpaired) electrons. The number of aryl methyl sites for hydroxylation is 1. The molecule has 4 nitrogen and oxygen atoms in total. The van der Waals surface area contributed by atoms with Gasteiger partial charge in [0.2, 0.25) is 0 Å². The normalized spacial score (nSPS) is 19.2. The van der Waals surface area contributed by atoms with Crippen molar-refractivity contribution in [3.05, 3.63) is 65.2 Å². The van der Waals surface area contributed by atoms with Crippen molar-refractivity contribution in [1.29, 1.82) is 0 Å². The Hall–Kier alpha value is -2.33. The Bertz CT molecular complexity index is 711. The van der Waals surface area contributed by atoms with Crippen LogP contribution in [0.5, 0.6) is 5.75 Å². The predicted molar refractivity (Wildman–Crippen MR) is 93.4 cm³/mol. The summed E-state index contributed by atoms with van der Waals surface area (Å²) in [5.74, 6) is 0.0663. The molecular formula is C20H23NO3. The molecule has 126 valence electrons. The fraction of sp³-hybridized carbons (Fsp3) is 0.350. The quantitative estimate of drug-likeness (QED) is 0.912. The molecule has 0 aliphatic carbocycles. The van der Waals surface area contributed by atoms with E-state index in [-0.39, 0.29) is 6.04 Å². The van der Waals surface area contributed by atoms with E-state index in [1.807, 2.05) is 30.3 Å². The van der Waals surface area contributed by atoms with Crippen molar-refractivity contribution in [2.45, 2.75) is 31.8 Å². The zero-order valence-corrected chi connectivity index (χ0v) is 14.1. The van der Waals surface area contributed by atoms with Crippen LogP contribution in [0.1, 0.15) is 35.6 Å². The molecule has 0 spiro atoms. The Morgan fingerprint density at radius 3 is 2.58 bits per heavy atom. The van der Waals surface area contributed by atoms with Crippen LogP contribution in [0.25, 0.3) is 0 Å².